The third-order valence-electron chi connectivity index (χ3n) is 3.56. The molecule has 6 nitrogen and oxygen atoms in total. The average molecular weight is 328 g/mol. The molecule has 0 atom stereocenters. The Morgan fingerprint density at radius 1 is 1.21 bits per heavy atom. The molecule has 1 amide bonds. The summed E-state index contributed by atoms with van der Waals surface area (Å²) in [5.41, 5.74) is 2.51. The van der Waals surface area contributed by atoms with Gasteiger partial charge < -0.3 is 15.3 Å². The van der Waals surface area contributed by atoms with E-state index in [0.717, 1.165) is 16.8 Å². The lowest BCUT2D eigenvalue weighted by Gasteiger charge is -2.16. The van der Waals surface area contributed by atoms with Gasteiger partial charge in [-0.1, -0.05) is 32.0 Å². The van der Waals surface area contributed by atoms with E-state index in [1.165, 1.54) is 18.3 Å². The van der Waals surface area contributed by atoms with Crippen molar-refractivity contribution in [1.82, 2.24) is 0 Å². The van der Waals surface area contributed by atoms with Gasteiger partial charge in [0.1, 0.15) is 0 Å². The minimum atomic E-state index is -0.838. The summed E-state index contributed by atoms with van der Waals surface area (Å²) in [6.45, 7) is 5.51. The number of ether oxygens (including phenoxy) is 1. The van der Waals surface area contributed by atoms with E-state index in [2.05, 4.69) is 5.32 Å². The number of hydrogen-bond donors (Lipinski definition) is 1. The van der Waals surface area contributed by atoms with E-state index >= 15 is 0 Å². The molecule has 0 aliphatic rings. The molecule has 0 spiro atoms. The quantitative estimate of drug-likeness (QED) is 0.519. The van der Waals surface area contributed by atoms with Gasteiger partial charge in [-0.25, -0.2) is 4.79 Å². The van der Waals surface area contributed by atoms with Crippen LogP contribution in [0.2, 0.25) is 0 Å². The molecular weight excluding hydrogens is 308 g/mol. The molecule has 0 radical (unpaired) electrons. The van der Waals surface area contributed by atoms with Crippen LogP contribution in [0.25, 0.3) is 0 Å². The number of amides is 1. The lowest BCUT2D eigenvalue weighted by atomic mass is 9.98. The van der Waals surface area contributed by atoms with Crippen molar-refractivity contribution in [2.45, 2.75) is 26.7 Å². The zero-order chi connectivity index (χ0) is 17.7. The zero-order valence-electron chi connectivity index (χ0n) is 13.9. The fraction of sp³-hybridized carbons (Fsp3) is 0.278. The van der Waals surface area contributed by atoms with Crippen LogP contribution in [-0.4, -0.2) is 18.5 Å². The predicted molar refractivity (Wildman–Crippen MR) is 89.6 cm³/mol. The molecule has 2 rings (SSSR count). The summed E-state index contributed by atoms with van der Waals surface area (Å²) < 4.78 is 5.31. The fourth-order valence-corrected chi connectivity index (χ4v) is 2.31. The van der Waals surface area contributed by atoms with Gasteiger partial charge in [0.2, 0.25) is 0 Å². The number of rotatable bonds is 5. The SMILES string of the molecule is Cc1cccc(C(C)C)c1NC(=O)COC(=O)c1cccc[n+]1[O-]. The predicted octanol–water partition coefficient (Wildman–Crippen LogP) is 2.55. The molecule has 1 aromatic heterocycles. The van der Waals surface area contributed by atoms with Crippen LogP contribution in [-0.2, 0) is 9.53 Å². The number of pyridine rings is 1. The molecular formula is C18H20N2O4. The molecule has 24 heavy (non-hydrogen) atoms. The summed E-state index contributed by atoms with van der Waals surface area (Å²) in [6, 6.07) is 10.2. The van der Waals surface area contributed by atoms with Crippen molar-refractivity contribution in [3.05, 3.63) is 64.6 Å². The Labute approximate surface area is 140 Å². The van der Waals surface area contributed by atoms with Crippen molar-refractivity contribution in [2.75, 3.05) is 11.9 Å². The Morgan fingerprint density at radius 2 is 1.96 bits per heavy atom. The van der Waals surface area contributed by atoms with E-state index in [-0.39, 0.29) is 11.6 Å². The minimum absolute atomic E-state index is 0.163. The van der Waals surface area contributed by atoms with Gasteiger partial charge in [-0.15, -0.1) is 0 Å². The highest BCUT2D eigenvalue weighted by Gasteiger charge is 2.19. The van der Waals surface area contributed by atoms with Gasteiger partial charge in [0.25, 0.3) is 5.91 Å². The second-order valence-electron chi connectivity index (χ2n) is 5.73. The van der Waals surface area contributed by atoms with Crippen LogP contribution in [0.3, 0.4) is 0 Å². The number of carbonyl (C=O) groups is 2. The zero-order valence-corrected chi connectivity index (χ0v) is 13.9. The Balaban J connectivity index is 2.02. The maximum absolute atomic E-state index is 12.1. The number of nitrogens with one attached hydrogen (secondary N) is 1. The number of nitrogens with zero attached hydrogens (tertiary/aromatic N) is 1. The molecule has 0 saturated heterocycles. The maximum atomic E-state index is 12.1. The van der Waals surface area contributed by atoms with Crippen molar-refractivity contribution in [1.29, 1.82) is 0 Å². The van der Waals surface area contributed by atoms with Gasteiger partial charge in [-0.2, -0.15) is 4.73 Å². The topological polar surface area (TPSA) is 82.3 Å². The first-order valence-corrected chi connectivity index (χ1v) is 7.65. The van der Waals surface area contributed by atoms with E-state index < -0.39 is 18.5 Å². The number of hydrogen-bond acceptors (Lipinski definition) is 4. The molecule has 0 unspecified atom stereocenters. The molecule has 0 aliphatic heterocycles. The standard InChI is InChI=1S/C18H20N2O4/c1-12(2)14-8-6-7-13(3)17(14)19-16(21)11-24-18(22)15-9-4-5-10-20(15)23/h4-10,12H,11H2,1-3H3,(H,19,21). The van der Waals surface area contributed by atoms with Crippen molar-refractivity contribution >= 4 is 17.6 Å². The molecule has 6 heteroatoms. The summed E-state index contributed by atoms with van der Waals surface area (Å²) in [5.74, 6) is -1.05. The first-order chi connectivity index (χ1) is 11.4. The lowest BCUT2D eigenvalue weighted by molar-refractivity contribution is -0.608. The van der Waals surface area contributed by atoms with Crippen LogP contribution in [0.1, 0.15) is 41.4 Å². The number of anilines is 1. The lowest BCUT2D eigenvalue weighted by Crippen LogP contribution is -2.35. The Kier molecular flexibility index (Phi) is 5.52. The monoisotopic (exact) mass is 328 g/mol. The second kappa shape index (κ2) is 7.59. The molecule has 1 aromatic carbocycles. The van der Waals surface area contributed by atoms with Crippen LogP contribution >= 0.6 is 0 Å². The molecule has 1 heterocycles. The van der Waals surface area contributed by atoms with Gasteiger partial charge in [-0.3, -0.25) is 4.79 Å². The highest BCUT2D eigenvalue weighted by molar-refractivity contribution is 5.95. The van der Waals surface area contributed by atoms with Crippen molar-refractivity contribution in [3.63, 3.8) is 0 Å². The van der Waals surface area contributed by atoms with Crippen LogP contribution in [0.5, 0.6) is 0 Å². The highest BCUT2D eigenvalue weighted by Crippen LogP contribution is 2.27. The number of esters is 1. The molecule has 0 bridgehead atoms. The normalized spacial score (nSPS) is 10.5. The molecule has 0 fully saturated rings. The fourth-order valence-electron chi connectivity index (χ4n) is 2.31. The van der Waals surface area contributed by atoms with Gasteiger partial charge in [0.15, 0.2) is 12.8 Å². The van der Waals surface area contributed by atoms with E-state index in [1.807, 2.05) is 39.0 Å². The number of aromatic nitrogens is 1. The first kappa shape index (κ1) is 17.5. The Hall–Kier alpha value is -2.89. The number of aryl methyl sites for hydroxylation is 1. The molecule has 126 valence electrons. The summed E-state index contributed by atoms with van der Waals surface area (Å²) in [7, 11) is 0. The van der Waals surface area contributed by atoms with Crippen molar-refractivity contribution < 1.29 is 19.1 Å². The number of benzene rings is 1. The smallest absolute Gasteiger partial charge is 0.405 e. The van der Waals surface area contributed by atoms with Crippen LogP contribution in [0, 0.1) is 12.1 Å². The average Bonchev–Trinajstić information content (AvgIpc) is 2.54. The van der Waals surface area contributed by atoms with Crippen molar-refractivity contribution in [2.24, 2.45) is 0 Å². The molecule has 0 saturated carbocycles. The number of carbonyl (C=O) groups excluding carboxylic acids is 2. The van der Waals surface area contributed by atoms with E-state index in [0.29, 0.717) is 4.73 Å². The van der Waals surface area contributed by atoms with Crippen LogP contribution < -0.4 is 10.0 Å². The van der Waals surface area contributed by atoms with Crippen LogP contribution in [0.4, 0.5) is 5.69 Å². The third-order valence-corrected chi connectivity index (χ3v) is 3.56. The summed E-state index contributed by atoms with van der Waals surface area (Å²) in [6.07, 6.45) is 1.19. The summed E-state index contributed by atoms with van der Waals surface area (Å²) in [4.78, 5) is 23.9. The maximum Gasteiger partial charge on any atom is 0.405 e. The second-order valence-corrected chi connectivity index (χ2v) is 5.73. The van der Waals surface area contributed by atoms with E-state index in [4.69, 9.17) is 4.74 Å². The van der Waals surface area contributed by atoms with Gasteiger partial charge in [0.05, 0.1) is 0 Å². The van der Waals surface area contributed by atoms with E-state index in [1.54, 1.807) is 6.07 Å². The highest BCUT2D eigenvalue weighted by atomic mass is 16.5. The van der Waals surface area contributed by atoms with E-state index in [9.17, 15) is 14.8 Å². The first-order valence-electron chi connectivity index (χ1n) is 7.65. The molecule has 1 N–H and O–H groups in total. The molecule has 2 aromatic rings. The Bertz CT molecular complexity index is 756. The number of para-hydroxylation sites is 1. The van der Waals surface area contributed by atoms with Crippen LogP contribution in [0.15, 0.2) is 42.6 Å². The third kappa shape index (κ3) is 4.10. The van der Waals surface area contributed by atoms with Crippen molar-refractivity contribution in [3.8, 4) is 0 Å². The van der Waals surface area contributed by atoms with Gasteiger partial charge in [0, 0.05) is 17.8 Å². The largest absolute Gasteiger partial charge is 0.618 e. The minimum Gasteiger partial charge on any atom is -0.618 e. The summed E-state index contributed by atoms with van der Waals surface area (Å²) >= 11 is 0. The molecule has 0 aliphatic carbocycles. The van der Waals surface area contributed by atoms with Gasteiger partial charge in [-0.05, 0) is 30.0 Å². The summed E-state index contributed by atoms with van der Waals surface area (Å²) in [5, 5.41) is 14.3. The van der Waals surface area contributed by atoms with Gasteiger partial charge >= 0.3 is 11.7 Å². The Morgan fingerprint density at radius 3 is 2.62 bits per heavy atom.